The fraction of sp³-hybridized carbons (Fsp3) is 0.0164. The van der Waals surface area contributed by atoms with Gasteiger partial charge in [0.15, 0.2) is 0 Å². The molecule has 0 N–H and O–H groups in total. The van der Waals surface area contributed by atoms with Gasteiger partial charge in [-0.15, -0.1) is 0 Å². The van der Waals surface area contributed by atoms with E-state index < -0.39 is 29.6 Å². The summed E-state index contributed by atoms with van der Waals surface area (Å²) in [7, 11) is 0. The smallest absolute Gasteiger partial charge is 0.247 e. The zero-order chi connectivity index (χ0) is 49.2. The first-order chi connectivity index (χ1) is 35.1. The zero-order valence-corrected chi connectivity index (χ0v) is 34.5. The van der Waals surface area contributed by atoms with Gasteiger partial charge in [-0.2, -0.15) is 0 Å². The molecule has 1 aromatic heterocycles. The number of benzene rings is 10. The van der Waals surface area contributed by atoms with Gasteiger partial charge in [0, 0.05) is 39.0 Å². The third-order valence-electron chi connectivity index (χ3n) is 13.4. The van der Waals surface area contributed by atoms with Crippen molar-refractivity contribution in [1.82, 2.24) is 4.57 Å². The first kappa shape index (κ1) is 29.2. The number of hydrogen-bond donors (Lipinski definition) is 0. The molecule has 0 bridgehead atoms. The maximum absolute atomic E-state index is 9.65. The molecule has 0 radical (unpaired) electrons. The molecule has 0 spiro atoms. The molecule has 0 aliphatic carbocycles. The highest BCUT2D eigenvalue weighted by molar-refractivity contribution is 6.99. The Balaban J connectivity index is 1.30. The van der Waals surface area contributed by atoms with E-state index in [-0.39, 0.29) is 52.7 Å². The van der Waals surface area contributed by atoms with Crippen LogP contribution in [0.25, 0.3) is 49.7 Å². The minimum Gasteiger partial charge on any atom is -0.310 e. The van der Waals surface area contributed by atoms with Gasteiger partial charge in [0.25, 0.3) is 0 Å². The van der Waals surface area contributed by atoms with Crippen LogP contribution in [0.2, 0.25) is 0 Å². The standard InChI is InChI=1S/C61H41BN2/c1-5-22-42(23-6-1)47-32-21-33-48(43-24-7-2-8-25-43)60(47)64-57-39-20-17-36-54(57)62-53-35-16-15-34-51(53)61(44-26-9-3-10-27-44,45-28-11-4-12-29-45)52-40-46(41-58(64)59(52)62)63-55-37-18-13-30-49(55)50-31-14-19-38-56(50)63/h1-41H/i13D,14D,18D,19D,30D,31D,37D,38D. The van der Waals surface area contributed by atoms with Crippen molar-refractivity contribution in [3.63, 3.8) is 0 Å². The molecule has 0 unspecified atom stereocenters. The van der Waals surface area contributed by atoms with Crippen LogP contribution in [0.15, 0.2) is 249 Å². The van der Waals surface area contributed by atoms with Gasteiger partial charge >= 0.3 is 0 Å². The average Bonchev–Trinajstić information content (AvgIpc) is 3.80. The number of rotatable bonds is 6. The van der Waals surface area contributed by atoms with Crippen LogP contribution in [0.5, 0.6) is 0 Å². The van der Waals surface area contributed by atoms with Crippen molar-refractivity contribution in [2.24, 2.45) is 0 Å². The highest BCUT2D eigenvalue weighted by Crippen LogP contribution is 2.53. The molecule has 0 saturated heterocycles. The van der Waals surface area contributed by atoms with Crippen molar-refractivity contribution in [2.45, 2.75) is 5.41 Å². The summed E-state index contributed by atoms with van der Waals surface area (Å²) in [6, 6.07) is 66.2. The Morgan fingerprint density at radius 1 is 0.422 bits per heavy atom. The number of para-hydroxylation sites is 4. The lowest BCUT2D eigenvalue weighted by atomic mass is 9.29. The van der Waals surface area contributed by atoms with Crippen LogP contribution in [0.3, 0.4) is 0 Å². The van der Waals surface area contributed by atoms with E-state index in [0.29, 0.717) is 5.69 Å². The van der Waals surface area contributed by atoms with Crippen LogP contribution < -0.4 is 21.3 Å². The summed E-state index contributed by atoms with van der Waals surface area (Å²) < 4.78 is 75.6. The highest BCUT2D eigenvalue weighted by atomic mass is 15.2. The minimum atomic E-state index is -0.994. The van der Waals surface area contributed by atoms with E-state index in [1.54, 1.807) is 4.57 Å². The van der Waals surface area contributed by atoms with Gasteiger partial charge in [-0.25, -0.2) is 0 Å². The molecular formula is C61H41BN2. The largest absolute Gasteiger partial charge is 0.310 e. The van der Waals surface area contributed by atoms with Crippen LogP contribution in [-0.2, 0) is 5.41 Å². The van der Waals surface area contributed by atoms with Crippen LogP contribution in [0.4, 0.5) is 17.1 Å². The molecular weight excluding hydrogens is 771 g/mol. The van der Waals surface area contributed by atoms with Crippen molar-refractivity contribution in [3.8, 4) is 27.9 Å². The molecule has 64 heavy (non-hydrogen) atoms. The van der Waals surface area contributed by atoms with Gasteiger partial charge < -0.3 is 9.47 Å². The first-order valence-corrected chi connectivity index (χ1v) is 21.7. The van der Waals surface area contributed by atoms with Crippen molar-refractivity contribution >= 4 is 62.0 Å². The van der Waals surface area contributed by atoms with Gasteiger partial charge in [-0.05, 0) is 74.6 Å². The Labute approximate surface area is 385 Å². The van der Waals surface area contributed by atoms with E-state index >= 15 is 0 Å². The summed E-state index contributed by atoms with van der Waals surface area (Å²) in [5, 5.41) is 0.0518. The van der Waals surface area contributed by atoms with Gasteiger partial charge in [-0.3, -0.25) is 0 Å². The molecule has 0 amide bonds. The number of fused-ring (bicyclic) bond motifs is 7. The Bertz CT molecular complexity index is 3860. The molecule has 3 heterocycles. The number of anilines is 3. The molecule has 3 heteroatoms. The first-order valence-electron chi connectivity index (χ1n) is 25.7. The molecule has 11 aromatic rings. The van der Waals surface area contributed by atoms with Gasteiger partial charge in [0.1, 0.15) is 0 Å². The summed E-state index contributed by atoms with van der Waals surface area (Å²) >= 11 is 0. The molecule has 0 saturated carbocycles. The van der Waals surface area contributed by atoms with Crippen molar-refractivity contribution < 1.29 is 11.0 Å². The third-order valence-corrected chi connectivity index (χ3v) is 13.4. The van der Waals surface area contributed by atoms with Crippen LogP contribution in [0.1, 0.15) is 33.2 Å². The minimum absolute atomic E-state index is 0.0259. The Morgan fingerprint density at radius 2 is 0.922 bits per heavy atom. The van der Waals surface area contributed by atoms with Crippen molar-refractivity contribution in [1.29, 1.82) is 0 Å². The second kappa shape index (κ2) is 14.5. The number of nitrogens with zero attached hydrogens (tertiary/aromatic N) is 2. The van der Waals surface area contributed by atoms with Crippen LogP contribution in [-0.4, -0.2) is 11.3 Å². The van der Waals surface area contributed by atoms with E-state index in [2.05, 4.69) is 157 Å². The van der Waals surface area contributed by atoms with Crippen LogP contribution >= 0.6 is 0 Å². The summed E-state index contributed by atoms with van der Waals surface area (Å²) in [5.74, 6) is 0. The van der Waals surface area contributed by atoms with E-state index in [9.17, 15) is 5.48 Å². The fourth-order valence-corrected chi connectivity index (χ4v) is 10.9. The maximum atomic E-state index is 9.65. The van der Waals surface area contributed by atoms with Crippen molar-refractivity contribution in [2.75, 3.05) is 4.90 Å². The molecule has 2 nitrogen and oxygen atoms in total. The predicted molar refractivity (Wildman–Crippen MR) is 269 cm³/mol. The summed E-state index contributed by atoms with van der Waals surface area (Å²) in [6.07, 6.45) is 0. The fourth-order valence-electron chi connectivity index (χ4n) is 10.9. The van der Waals surface area contributed by atoms with E-state index in [0.717, 1.165) is 78.0 Å². The lowest BCUT2D eigenvalue weighted by Gasteiger charge is -2.49. The monoisotopic (exact) mass is 820 g/mol. The number of hydrogen-bond acceptors (Lipinski definition) is 1. The second-order valence-corrected chi connectivity index (χ2v) is 16.5. The average molecular weight is 821 g/mol. The lowest BCUT2D eigenvalue weighted by molar-refractivity contribution is 0.750. The number of aromatic nitrogens is 1. The molecule has 298 valence electrons. The van der Waals surface area contributed by atoms with Gasteiger partial charge in [0.05, 0.1) is 33.1 Å². The quantitative estimate of drug-likeness (QED) is 0.152. The SMILES string of the molecule is [2H]c1c([2H])c([2H])c2c(c1[2H])c1c([2H])c([2H])c([2H])c([2H])c1n2-c1cc2c3c(c1)C(c1ccccc1)(c1ccccc1)c1ccccc1B3c1ccccc1N2c1c(-c2ccccc2)cccc1-c1ccccc1. The van der Waals surface area contributed by atoms with Crippen molar-refractivity contribution in [3.05, 3.63) is 271 Å². The molecule has 0 fully saturated rings. The van der Waals surface area contributed by atoms with E-state index in [1.165, 1.54) is 0 Å². The maximum Gasteiger partial charge on any atom is 0.247 e. The topological polar surface area (TPSA) is 8.17 Å². The van der Waals surface area contributed by atoms with E-state index in [1.807, 2.05) is 48.5 Å². The molecule has 10 aromatic carbocycles. The second-order valence-electron chi connectivity index (χ2n) is 16.5. The summed E-state index contributed by atoms with van der Waals surface area (Å²) in [6.45, 7) is -0.287. The third kappa shape index (κ3) is 5.22. The normalized spacial score (nSPS) is 15.1. The predicted octanol–water partition coefficient (Wildman–Crippen LogP) is 13.1. The molecule has 0 atom stereocenters. The molecule has 2 aliphatic heterocycles. The lowest BCUT2D eigenvalue weighted by Crippen LogP contribution is -2.65. The Morgan fingerprint density at radius 3 is 1.52 bits per heavy atom. The van der Waals surface area contributed by atoms with Crippen LogP contribution in [0, 0.1) is 0 Å². The van der Waals surface area contributed by atoms with Gasteiger partial charge in [-0.1, -0.05) is 224 Å². The van der Waals surface area contributed by atoms with Gasteiger partial charge in [0.2, 0.25) is 6.71 Å². The Kier molecular flexibility index (Phi) is 6.61. The zero-order valence-electron chi connectivity index (χ0n) is 42.5. The highest BCUT2D eigenvalue weighted by Gasteiger charge is 2.52. The molecule has 2 aliphatic rings. The summed E-state index contributed by atoms with van der Waals surface area (Å²) in [5.41, 5.74) is 13.6. The summed E-state index contributed by atoms with van der Waals surface area (Å²) in [4.78, 5) is 2.37. The molecule has 13 rings (SSSR count). The Hall–Kier alpha value is -8.14. The van der Waals surface area contributed by atoms with E-state index in [4.69, 9.17) is 5.48 Å².